The molecule has 2 bridgehead atoms. The fourth-order valence-corrected chi connectivity index (χ4v) is 6.18. The van der Waals surface area contributed by atoms with Crippen molar-refractivity contribution in [3.8, 4) is 5.88 Å². The minimum absolute atomic E-state index is 0.0954. The Morgan fingerprint density at radius 3 is 2.30 bits per heavy atom. The number of rotatable bonds is 14. The second kappa shape index (κ2) is 15.2. The van der Waals surface area contributed by atoms with Gasteiger partial charge in [0, 0.05) is 24.0 Å². The number of carbonyl (C=O) groups is 2. The molecular formula is C33H50N2O5. The van der Waals surface area contributed by atoms with E-state index < -0.39 is 17.8 Å². The number of nitrogens with zero attached hydrogens (tertiary/aromatic N) is 1. The number of carbonyl (C=O) groups excluding carboxylic acids is 2. The van der Waals surface area contributed by atoms with E-state index in [1.807, 2.05) is 13.0 Å². The summed E-state index contributed by atoms with van der Waals surface area (Å²) in [4.78, 5) is 30.4. The first-order valence-corrected chi connectivity index (χ1v) is 15.4. The summed E-state index contributed by atoms with van der Waals surface area (Å²) in [6.07, 6.45) is 13.1. The van der Waals surface area contributed by atoms with Crippen LogP contribution in [-0.4, -0.2) is 30.4 Å². The fraction of sp³-hybridized carbons (Fsp3) is 0.667. The van der Waals surface area contributed by atoms with Gasteiger partial charge in [0.25, 0.3) is 0 Å². The van der Waals surface area contributed by atoms with E-state index in [2.05, 4.69) is 52.1 Å². The van der Waals surface area contributed by atoms with Crippen LogP contribution in [0.5, 0.6) is 5.88 Å². The van der Waals surface area contributed by atoms with Crippen molar-refractivity contribution < 1.29 is 23.8 Å². The van der Waals surface area contributed by atoms with Crippen molar-refractivity contribution in [1.82, 2.24) is 10.3 Å². The lowest BCUT2D eigenvalue weighted by atomic mass is 9.63. The predicted octanol–water partition coefficient (Wildman–Crippen LogP) is 8.42. The molecule has 0 aromatic carbocycles. The molecule has 1 aromatic heterocycles. The van der Waals surface area contributed by atoms with Gasteiger partial charge in [0.1, 0.15) is 0 Å². The van der Waals surface area contributed by atoms with Crippen molar-refractivity contribution in [1.29, 1.82) is 0 Å². The first kappa shape index (κ1) is 31.7. The summed E-state index contributed by atoms with van der Waals surface area (Å²) in [5.74, 6) is 1.01. The van der Waals surface area contributed by atoms with E-state index in [-0.39, 0.29) is 11.8 Å². The second-order valence-corrected chi connectivity index (χ2v) is 11.5. The van der Waals surface area contributed by atoms with Gasteiger partial charge in [0.15, 0.2) is 0 Å². The molecule has 1 amide bonds. The Hall–Kier alpha value is -2.83. The lowest BCUT2D eigenvalue weighted by Gasteiger charge is -2.47. The van der Waals surface area contributed by atoms with Crippen LogP contribution in [-0.2, 0) is 21.4 Å². The molecule has 1 heterocycles. The topological polar surface area (TPSA) is 86.8 Å². The molecule has 0 radical (unpaired) electrons. The second-order valence-electron chi connectivity index (χ2n) is 11.5. The number of fused-ring (bicyclic) bond motifs is 4. The van der Waals surface area contributed by atoms with Gasteiger partial charge in [-0.15, -0.1) is 0 Å². The van der Waals surface area contributed by atoms with Gasteiger partial charge in [-0.3, -0.25) is 0 Å². The zero-order valence-corrected chi connectivity index (χ0v) is 25.5. The normalized spacial score (nSPS) is 22.1. The average molecular weight is 555 g/mol. The third kappa shape index (κ3) is 7.88. The van der Waals surface area contributed by atoms with Crippen LogP contribution in [0.4, 0.5) is 9.59 Å². The van der Waals surface area contributed by atoms with Crippen molar-refractivity contribution >= 4 is 12.2 Å². The Bertz CT molecular complexity index is 1060. The van der Waals surface area contributed by atoms with E-state index in [1.54, 1.807) is 6.07 Å². The van der Waals surface area contributed by atoms with Crippen molar-refractivity contribution in [2.45, 2.75) is 111 Å². The number of pyridine rings is 1. The molecule has 1 aromatic rings. The molecule has 1 N–H and O–H groups in total. The first-order chi connectivity index (χ1) is 19.3. The maximum atomic E-state index is 13.2. The van der Waals surface area contributed by atoms with Crippen molar-refractivity contribution in [3.05, 3.63) is 46.7 Å². The van der Waals surface area contributed by atoms with Crippen LogP contribution in [0.3, 0.4) is 0 Å². The Kier molecular flexibility index (Phi) is 12.1. The molecule has 7 heteroatoms. The number of alkyl carbamates (subject to hydrolysis) is 1. The third-order valence-electron chi connectivity index (χ3n) is 8.53. The number of hydrogen-bond acceptors (Lipinski definition) is 6. The lowest BCUT2D eigenvalue weighted by Crippen LogP contribution is -2.53. The molecule has 7 nitrogen and oxygen atoms in total. The average Bonchev–Trinajstić information content (AvgIpc) is 2.92. The Morgan fingerprint density at radius 1 is 1.05 bits per heavy atom. The van der Waals surface area contributed by atoms with Gasteiger partial charge in [-0.05, 0) is 56.6 Å². The number of allylic oxidation sites excluding steroid dienone is 2. The minimum atomic E-state index is -0.742. The summed E-state index contributed by atoms with van der Waals surface area (Å²) >= 11 is 0. The Morgan fingerprint density at radius 2 is 1.70 bits per heavy atom. The van der Waals surface area contributed by atoms with E-state index in [0.717, 1.165) is 68.2 Å². The van der Waals surface area contributed by atoms with E-state index in [1.165, 1.54) is 5.57 Å². The summed E-state index contributed by atoms with van der Waals surface area (Å²) in [5.41, 5.74) is 3.36. The number of hydrogen-bond donors (Lipinski definition) is 1. The maximum Gasteiger partial charge on any atom is 0.515 e. The molecule has 2 aliphatic carbocycles. The number of nitrogens with one attached hydrogen (secondary N) is 1. The van der Waals surface area contributed by atoms with Crippen molar-refractivity contribution in [2.75, 3.05) is 13.2 Å². The van der Waals surface area contributed by atoms with E-state index in [4.69, 9.17) is 19.2 Å². The fourth-order valence-electron chi connectivity index (χ4n) is 6.18. The third-order valence-corrected chi connectivity index (χ3v) is 8.53. The molecule has 0 saturated heterocycles. The van der Waals surface area contributed by atoms with E-state index in [9.17, 15) is 9.59 Å². The lowest BCUT2D eigenvalue weighted by molar-refractivity contribution is 0.0797. The van der Waals surface area contributed by atoms with Gasteiger partial charge < -0.3 is 19.5 Å². The zero-order chi connectivity index (χ0) is 29.1. The molecule has 222 valence electrons. The Balaban J connectivity index is 1.77. The standard InChI is InChI=1S/C33H50N2O5/c1-7-12-14-24(9-3)21-38-31(36)35-33-20-23(6)18-26(27(33)11-5)19-29-28(33)16-17-30(34-29)40-32(37)39-22-25(10-4)15-13-8-2/h11,16-18,24-26H,7-10,12-15,19-22H2,1-6H3,(H,35,36)/b27-11+. The number of ether oxygens (including phenoxy) is 3. The van der Waals surface area contributed by atoms with Gasteiger partial charge in [0.05, 0.1) is 24.4 Å². The SMILES string of the molecule is C/C=C1\C2C=C(C)CC1(NC(=O)OCC(CC)CCCC)c1ccc(OC(=O)OCC(CC)CCCC)nc1C2. The molecule has 0 spiro atoms. The van der Waals surface area contributed by atoms with Crippen LogP contribution in [0.25, 0.3) is 0 Å². The van der Waals surface area contributed by atoms with Crippen molar-refractivity contribution in [2.24, 2.45) is 17.8 Å². The maximum absolute atomic E-state index is 13.2. The van der Waals surface area contributed by atoms with Crippen LogP contribution in [0.2, 0.25) is 0 Å². The molecule has 0 saturated carbocycles. The molecule has 0 aliphatic heterocycles. The number of aromatic nitrogens is 1. The highest BCUT2D eigenvalue weighted by Crippen LogP contribution is 2.50. The molecule has 3 rings (SSSR count). The molecule has 4 unspecified atom stereocenters. The predicted molar refractivity (Wildman–Crippen MR) is 158 cm³/mol. The van der Waals surface area contributed by atoms with Crippen LogP contribution in [0.15, 0.2) is 35.4 Å². The van der Waals surface area contributed by atoms with Gasteiger partial charge in [-0.25, -0.2) is 14.6 Å². The van der Waals surface area contributed by atoms with Crippen LogP contribution >= 0.6 is 0 Å². The summed E-state index contributed by atoms with van der Waals surface area (Å²) in [6, 6.07) is 3.62. The highest BCUT2D eigenvalue weighted by atomic mass is 16.7. The highest BCUT2D eigenvalue weighted by Gasteiger charge is 2.48. The van der Waals surface area contributed by atoms with Crippen LogP contribution < -0.4 is 10.1 Å². The number of unbranched alkanes of at least 4 members (excludes halogenated alkanes) is 2. The molecule has 4 atom stereocenters. The minimum Gasteiger partial charge on any atom is -0.449 e. The first-order valence-electron chi connectivity index (χ1n) is 15.4. The molecular weight excluding hydrogens is 504 g/mol. The zero-order valence-electron chi connectivity index (χ0n) is 25.5. The molecule has 40 heavy (non-hydrogen) atoms. The molecule has 2 aliphatic rings. The quantitative estimate of drug-likeness (QED) is 0.183. The van der Waals surface area contributed by atoms with E-state index in [0.29, 0.717) is 37.9 Å². The Labute approximate surface area is 241 Å². The largest absolute Gasteiger partial charge is 0.515 e. The summed E-state index contributed by atoms with van der Waals surface area (Å²) in [5, 5.41) is 3.26. The highest BCUT2D eigenvalue weighted by molar-refractivity contribution is 5.71. The van der Waals surface area contributed by atoms with E-state index >= 15 is 0 Å². The summed E-state index contributed by atoms with van der Waals surface area (Å²) in [7, 11) is 0. The number of amides is 1. The van der Waals surface area contributed by atoms with Gasteiger partial charge in [0.2, 0.25) is 5.88 Å². The van der Waals surface area contributed by atoms with Crippen molar-refractivity contribution in [3.63, 3.8) is 0 Å². The van der Waals surface area contributed by atoms with Crippen LogP contribution in [0.1, 0.15) is 111 Å². The van der Waals surface area contributed by atoms with Gasteiger partial charge >= 0.3 is 12.2 Å². The summed E-state index contributed by atoms with van der Waals surface area (Å²) in [6.45, 7) is 13.5. The smallest absolute Gasteiger partial charge is 0.449 e. The molecule has 0 fully saturated rings. The van der Waals surface area contributed by atoms with Gasteiger partial charge in [-0.2, -0.15) is 0 Å². The summed E-state index contributed by atoms with van der Waals surface area (Å²) < 4.78 is 16.7. The monoisotopic (exact) mass is 554 g/mol. The van der Waals surface area contributed by atoms with Crippen LogP contribution in [0, 0.1) is 17.8 Å². The van der Waals surface area contributed by atoms with Gasteiger partial charge in [-0.1, -0.05) is 83.9 Å².